The quantitative estimate of drug-likeness (QED) is 0.724. The lowest BCUT2D eigenvalue weighted by molar-refractivity contribution is -0.140. The van der Waals surface area contributed by atoms with Crippen molar-refractivity contribution in [2.75, 3.05) is 20.3 Å². The van der Waals surface area contributed by atoms with Crippen LogP contribution in [0.5, 0.6) is 5.75 Å². The van der Waals surface area contributed by atoms with E-state index in [4.69, 9.17) is 19.8 Å². The van der Waals surface area contributed by atoms with Crippen LogP contribution in [0.2, 0.25) is 0 Å². The molecule has 112 valence electrons. The van der Waals surface area contributed by atoms with Gasteiger partial charge in [0.05, 0.1) is 18.1 Å². The summed E-state index contributed by atoms with van der Waals surface area (Å²) in [5.74, 6) is -1.10. The molecule has 0 fully saturated rings. The first-order valence-corrected chi connectivity index (χ1v) is 6.20. The van der Waals surface area contributed by atoms with Gasteiger partial charge in [0.2, 0.25) is 0 Å². The smallest absolute Gasteiger partial charge is 0.306 e. The fraction of sp³-hybridized carbons (Fsp3) is 0.357. The number of aliphatic carboxylic acids is 1. The van der Waals surface area contributed by atoms with Gasteiger partial charge in [0.15, 0.2) is 6.61 Å². The van der Waals surface area contributed by atoms with E-state index in [9.17, 15) is 9.59 Å². The summed E-state index contributed by atoms with van der Waals surface area (Å²) >= 11 is 0. The Bertz CT molecular complexity index is 538. The molecular formula is C14H16N2O5. The number of rotatable bonds is 8. The van der Waals surface area contributed by atoms with Gasteiger partial charge < -0.3 is 19.9 Å². The molecule has 1 atom stereocenters. The summed E-state index contributed by atoms with van der Waals surface area (Å²) in [6.45, 7) is -0.187. The molecule has 1 amide bonds. The van der Waals surface area contributed by atoms with Gasteiger partial charge in [0, 0.05) is 13.7 Å². The van der Waals surface area contributed by atoms with Gasteiger partial charge in [-0.1, -0.05) is 12.1 Å². The number of para-hydroxylation sites is 1. The van der Waals surface area contributed by atoms with Gasteiger partial charge in [0.1, 0.15) is 11.8 Å². The Hall–Kier alpha value is -2.59. The summed E-state index contributed by atoms with van der Waals surface area (Å²) in [5.41, 5.74) is 0.339. The lowest BCUT2D eigenvalue weighted by Crippen LogP contribution is -2.37. The minimum atomic E-state index is -1.00. The van der Waals surface area contributed by atoms with Gasteiger partial charge in [-0.15, -0.1) is 0 Å². The summed E-state index contributed by atoms with van der Waals surface area (Å²) in [6.07, 6.45) is -0.799. The fourth-order valence-electron chi connectivity index (χ4n) is 1.54. The van der Waals surface area contributed by atoms with Crippen molar-refractivity contribution in [3.63, 3.8) is 0 Å². The van der Waals surface area contributed by atoms with Crippen LogP contribution in [0.1, 0.15) is 12.0 Å². The second kappa shape index (κ2) is 8.55. The third-order valence-corrected chi connectivity index (χ3v) is 2.63. The predicted molar refractivity (Wildman–Crippen MR) is 72.7 cm³/mol. The second-order valence-corrected chi connectivity index (χ2v) is 4.16. The number of carboxylic acid groups (broad SMARTS) is 1. The number of benzene rings is 1. The van der Waals surface area contributed by atoms with Crippen LogP contribution in [0.15, 0.2) is 24.3 Å². The first-order chi connectivity index (χ1) is 10.1. The van der Waals surface area contributed by atoms with E-state index >= 15 is 0 Å². The highest BCUT2D eigenvalue weighted by Crippen LogP contribution is 2.16. The SMILES string of the molecule is COC(CNC(=O)COc1ccccc1C#N)CC(=O)O. The lowest BCUT2D eigenvalue weighted by Gasteiger charge is -2.14. The zero-order chi connectivity index (χ0) is 15.7. The van der Waals surface area contributed by atoms with Gasteiger partial charge in [-0.05, 0) is 12.1 Å². The van der Waals surface area contributed by atoms with E-state index < -0.39 is 18.0 Å². The number of nitrogens with zero attached hydrogens (tertiary/aromatic N) is 1. The summed E-state index contributed by atoms with van der Waals surface area (Å²) in [5, 5.41) is 20.0. The Morgan fingerprint density at radius 2 is 2.14 bits per heavy atom. The molecule has 1 aromatic carbocycles. The first kappa shape index (κ1) is 16.5. The van der Waals surface area contributed by atoms with Crippen LogP contribution in [0, 0.1) is 11.3 Å². The Morgan fingerprint density at radius 3 is 2.76 bits per heavy atom. The minimum Gasteiger partial charge on any atom is -0.482 e. The lowest BCUT2D eigenvalue weighted by atomic mass is 10.2. The van der Waals surface area contributed by atoms with Crippen molar-refractivity contribution in [2.45, 2.75) is 12.5 Å². The van der Waals surface area contributed by atoms with Crippen LogP contribution in [0.3, 0.4) is 0 Å². The summed E-state index contributed by atoms with van der Waals surface area (Å²) < 4.78 is 10.2. The molecule has 0 saturated heterocycles. The Morgan fingerprint density at radius 1 is 1.43 bits per heavy atom. The van der Waals surface area contributed by atoms with Crippen molar-refractivity contribution in [2.24, 2.45) is 0 Å². The standard InChI is InChI=1S/C14H16N2O5/c1-20-11(6-14(18)19)8-16-13(17)9-21-12-5-3-2-4-10(12)7-15/h2-5,11H,6,8-9H2,1H3,(H,16,17)(H,18,19). The molecule has 0 bridgehead atoms. The molecule has 7 heteroatoms. The van der Waals surface area contributed by atoms with E-state index in [1.165, 1.54) is 7.11 Å². The number of methoxy groups -OCH3 is 1. The molecule has 2 N–H and O–H groups in total. The predicted octanol–water partition coefficient (Wildman–Crippen LogP) is 0.543. The highest BCUT2D eigenvalue weighted by Gasteiger charge is 2.14. The number of hydrogen-bond acceptors (Lipinski definition) is 5. The minimum absolute atomic E-state index is 0.0743. The van der Waals surface area contributed by atoms with Gasteiger partial charge in [-0.25, -0.2) is 0 Å². The van der Waals surface area contributed by atoms with Crippen molar-refractivity contribution in [1.29, 1.82) is 5.26 Å². The Balaban J connectivity index is 2.41. The molecule has 0 aliphatic heterocycles. The number of nitrogens with one attached hydrogen (secondary N) is 1. The van der Waals surface area contributed by atoms with Gasteiger partial charge in [-0.2, -0.15) is 5.26 Å². The number of amides is 1. The maximum Gasteiger partial charge on any atom is 0.306 e. The van der Waals surface area contributed by atoms with Crippen LogP contribution >= 0.6 is 0 Å². The molecule has 0 aliphatic rings. The second-order valence-electron chi connectivity index (χ2n) is 4.16. The molecule has 1 aromatic rings. The molecule has 0 aliphatic carbocycles. The highest BCUT2D eigenvalue weighted by atomic mass is 16.5. The van der Waals surface area contributed by atoms with Crippen molar-refractivity contribution in [3.8, 4) is 11.8 Å². The molecule has 7 nitrogen and oxygen atoms in total. The fourth-order valence-corrected chi connectivity index (χ4v) is 1.54. The molecule has 1 unspecified atom stereocenters. The maximum atomic E-state index is 11.6. The number of ether oxygens (including phenoxy) is 2. The van der Waals surface area contributed by atoms with Gasteiger partial charge >= 0.3 is 5.97 Å². The number of carbonyl (C=O) groups excluding carboxylic acids is 1. The number of carbonyl (C=O) groups is 2. The van der Waals surface area contributed by atoms with Crippen LogP contribution in [-0.4, -0.2) is 43.3 Å². The summed E-state index contributed by atoms with van der Waals surface area (Å²) in [6, 6.07) is 8.53. The van der Waals surface area contributed by atoms with E-state index in [1.54, 1.807) is 24.3 Å². The third-order valence-electron chi connectivity index (χ3n) is 2.63. The Kier molecular flexibility index (Phi) is 6.71. The van der Waals surface area contributed by atoms with Gasteiger partial charge in [-0.3, -0.25) is 9.59 Å². The molecule has 0 radical (unpaired) electrons. The highest BCUT2D eigenvalue weighted by molar-refractivity contribution is 5.77. The maximum absolute atomic E-state index is 11.6. The van der Waals surface area contributed by atoms with Crippen LogP contribution in [0.4, 0.5) is 0 Å². The molecule has 0 spiro atoms. The van der Waals surface area contributed by atoms with E-state index in [0.29, 0.717) is 11.3 Å². The monoisotopic (exact) mass is 292 g/mol. The summed E-state index contributed by atoms with van der Waals surface area (Å²) in [7, 11) is 1.37. The molecule has 0 saturated carbocycles. The van der Waals surface area contributed by atoms with Crippen molar-refractivity contribution < 1.29 is 24.2 Å². The van der Waals surface area contributed by atoms with E-state index in [-0.39, 0.29) is 19.6 Å². The van der Waals surface area contributed by atoms with Crippen molar-refractivity contribution in [1.82, 2.24) is 5.32 Å². The number of nitriles is 1. The molecule has 0 heterocycles. The average molecular weight is 292 g/mol. The normalized spacial score (nSPS) is 11.2. The first-order valence-electron chi connectivity index (χ1n) is 6.20. The number of carboxylic acids is 1. The van der Waals surface area contributed by atoms with Crippen molar-refractivity contribution >= 4 is 11.9 Å². The van der Waals surface area contributed by atoms with E-state index in [1.807, 2.05) is 6.07 Å². The molecule has 0 aromatic heterocycles. The largest absolute Gasteiger partial charge is 0.482 e. The zero-order valence-electron chi connectivity index (χ0n) is 11.5. The number of hydrogen-bond donors (Lipinski definition) is 2. The Labute approximate surface area is 122 Å². The van der Waals surface area contributed by atoms with E-state index in [2.05, 4.69) is 5.32 Å². The molecule has 21 heavy (non-hydrogen) atoms. The van der Waals surface area contributed by atoms with Crippen LogP contribution in [0.25, 0.3) is 0 Å². The molecule has 1 rings (SSSR count). The zero-order valence-corrected chi connectivity index (χ0v) is 11.5. The summed E-state index contributed by atoms with van der Waals surface area (Å²) in [4.78, 5) is 22.1. The van der Waals surface area contributed by atoms with Crippen LogP contribution in [-0.2, 0) is 14.3 Å². The van der Waals surface area contributed by atoms with Gasteiger partial charge in [0.25, 0.3) is 5.91 Å². The van der Waals surface area contributed by atoms with E-state index in [0.717, 1.165) is 0 Å². The topological polar surface area (TPSA) is 109 Å². The van der Waals surface area contributed by atoms with Crippen molar-refractivity contribution in [3.05, 3.63) is 29.8 Å². The molecular weight excluding hydrogens is 276 g/mol. The van der Waals surface area contributed by atoms with Crippen LogP contribution < -0.4 is 10.1 Å². The average Bonchev–Trinajstić information content (AvgIpc) is 2.49. The third kappa shape index (κ3) is 5.93.